The first-order valence-electron chi connectivity index (χ1n) is 6.18. The summed E-state index contributed by atoms with van der Waals surface area (Å²) in [4.78, 5) is 14.0. The third-order valence-electron chi connectivity index (χ3n) is 3.82. The second kappa shape index (κ2) is 5.87. The Morgan fingerprint density at radius 3 is 2.12 bits per heavy atom. The molecule has 1 amide bonds. The molecule has 0 radical (unpaired) electrons. The lowest BCUT2D eigenvalue weighted by molar-refractivity contribution is -0.134. The number of fused-ring (bicyclic) bond motifs is 1. The van der Waals surface area contributed by atoms with Crippen LogP contribution in [0.15, 0.2) is 0 Å². The van der Waals surface area contributed by atoms with Crippen molar-refractivity contribution in [1.29, 1.82) is 0 Å². The van der Waals surface area contributed by atoms with Crippen LogP contribution >= 0.6 is 12.4 Å². The molecule has 0 spiro atoms. The summed E-state index contributed by atoms with van der Waals surface area (Å²) in [6.07, 6.45) is 2.38. The van der Waals surface area contributed by atoms with Gasteiger partial charge in [0.25, 0.3) is 0 Å². The van der Waals surface area contributed by atoms with Crippen LogP contribution in [0.5, 0.6) is 0 Å². The smallest absolute Gasteiger partial charge is 0.225 e. The van der Waals surface area contributed by atoms with Crippen molar-refractivity contribution in [3.05, 3.63) is 0 Å². The van der Waals surface area contributed by atoms with Crippen molar-refractivity contribution >= 4 is 18.3 Å². The normalized spacial score (nSPS) is 29.6. The van der Waals surface area contributed by atoms with E-state index in [1.807, 2.05) is 13.8 Å². The molecule has 2 aliphatic heterocycles. The maximum absolute atomic E-state index is 11.9. The van der Waals surface area contributed by atoms with Crippen molar-refractivity contribution in [2.75, 3.05) is 26.2 Å². The molecule has 3 nitrogen and oxygen atoms in total. The summed E-state index contributed by atoms with van der Waals surface area (Å²) < 4.78 is 0. The first kappa shape index (κ1) is 13.8. The zero-order valence-corrected chi connectivity index (χ0v) is 11.1. The summed E-state index contributed by atoms with van der Waals surface area (Å²) in [5, 5.41) is 3.46. The lowest BCUT2D eigenvalue weighted by atomic mass is 9.92. The van der Waals surface area contributed by atoms with E-state index in [4.69, 9.17) is 0 Å². The van der Waals surface area contributed by atoms with E-state index in [9.17, 15) is 4.79 Å². The minimum atomic E-state index is 0. The number of carbonyl (C=O) groups is 1. The molecule has 2 heterocycles. The summed E-state index contributed by atoms with van der Waals surface area (Å²) in [7, 11) is 0. The Bertz CT molecular complexity index is 231. The highest BCUT2D eigenvalue weighted by Gasteiger charge is 2.31. The first-order valence-corrected chi connectivity index (χ1v) is 6.18. The zero-order chi connectivity index (χ0) is 10.8. The molecule has 0 saturated carbocycles. The van der Waals surface area contributed by atoms with E-state index < -0.39 is 0 Å². The van der Waals surface area contributed by atoms with E-state index >= 15 is 0 Å². The number of amides is 1. The Balaban J connectivity index is 0.00000128. The van der Waals surface area contributed by atoms with Crippen molar-refractivity contribution in [2.24, 2.45) is 17.8 Å². The Morgan fingerprint density at radius 1 is 1.19 bits per heavy atom. The maximum atomic E-state index is 11.9. The quantitative estimate of drug-likeness (QED) is 0.761. The van der Waals surface area contributed by atoms with Crippen molar-refractivity contribution in [2.45, 2.75) is 26.7 Å². The maximum Gasteiger partial charge on any atom is 0.225 e. The van der Waals surface area contributed by atoms with Gasteiger partial charge in [0.1, 0.15) is 0 Å². The van der Waals surface area contributed by atoms with E-state index in [-0.39, 0.29) is 18.3 Å². The van der Waals surface area contributed by atoms with Crippen LogP contribution in [0.25, 0.3) is 0 Å². The number of likely N-dealkylation sites (tertiary alicyclic amines) is 1. The predicted octanol–water partition coefficient (Wildman–Crippen LogP) is 1.52. The minimum absolute atomic E-state index is 0. The molecule has 0 aromatic heterocycles. The van der Waals surface area contributed by atoms with Crippen LogP contribution in [0, 0.1) is 17.8 Å². The fourth-order valence-electron chi connectivity index (χ4n) is 2.80. The average Bonchev–Trinajstić information content (AvgIpc) is 2.57. The average molecular weight is 247 g/mol. The fraction of sp³-hybridized carbons (Fsp3) is 0.917. The zero-order valence-electron chi connectivity index (χ0n) is 10.2. The molecule has 0 unspecified atom stereocenters. The molecular formula is C12H23ClN2O. The molecule has 2 fully saturated rings. The van der Waals surface area contributed by atoms with E-state index in [1.165, 1.54) is 12.8 Å². The van der Waals surface area contributed by atoms with Crippen molar-refractivity contribution in [3.63, 3.8) is 0 Å². The first-order chi connectivity index (χ1) is 7.18. The standard InChI is InChI=1S/C12H22N2O.ClH/c1-9(2)12(15)14-5-3-10-7-13-8-11(10)4-6-14;/h9-11,13H,3-8H2,1-2H3;1H/t10-,11+;. The molecule has 0 bridgehead atoms. The van der Waals surface area contributed by atoms with Gasteiger partial charge in [0.15, 0.2) is 0 Å². The van der Waals surface area contributed by atoms with Crippen LogP contribution in [0.3, 0.4) is 0 Å². The fourth-order valence-corrected chi connectivity index (χ4v) is 2.80. The molecular weight excluding hydrogens is 224 g/mol. The van der Waals surface area contributed by atoms with Crippen LogP contribution < -0.4 is 5.32 Å². The van der Waals surface area contributed by atoms with Gasteiger partial charge in [0, 0.05) is 19.0 Å². The second-order valence-electron chi connectivity index (χ2n) is 5.24. The van der Waals surface area contributed by atoms with E-state index in [0.717, 1.165) is 38.0 Å². The minimum Gasteiger partial charge on any atom is -0.342 e. The van der Waals surface area contributed by atoms with Crippen molar-refractivity contribution < 1.29 is 4.79 Å². The molecule has 2 rings (SSSR count). The molecule has 4 heteroatoms. The van der Waals surface area contributed by atoms with Crippen LogP contribution in [0.1, 0.15) is 26.7 Å². The van der Waals surface area contributed by atoms with Crippen LogP contribution in [0.2, 0.25) is 0 Å². The van der Waals surface area contributed by atoms with Crippen LogP contribution in [0.4, 0.5) is 0 Å². The third kappa shape index (κ3) is 2.89. The monoisotopic (exact) mass is 246 g/mol. The van der Waals surface area contributed by atoms with Crippen LogP contribution in [-0.4, -0.2) is 37.0 Å². The predicted molar refractivity (Wildman–Crippen MR) is 67.7 cm³/mol. The SMILES string of the molecule is CC(C)C(=O)N1CC[C@@H]2CNC[C@@H]2CC1.Cl. The topological polar surface area (TPSA) is 32.3 Å². The Morgan fingerprint density at radius 2 is 1.69 bits per heavy atom. The lowest BCUT2D eigenvalue weighted by Crippen LogP contribution is -2.35. The van der Waals surface area contributed by atoms with Crippen molar-refractivity contribution in [3.8, 4) is 0 Å². The number of nitrogens with one attached hydrogen (secondary N) is 1. The number of carbonyl (C=O) groups excluding carboxylic acids is 1. The van der Waals surface area contributed by atoms with Gasteiger partial charge in [-0.05, 0) is 37.8 Å². The Kier molecular flexibility index (Phi) is 5.06. The van der Waals surface area contributed by atoms with Crippen LogP contribution in [-0.2, 0) is 4.79 Å². The van der Waals surface area contributed by atoms with E-state index in [2.05, 4.69) is 10.2 Å². The van der Waals surface area contributed by atoms with Gasteiger partial charge in [-0.1, -0.05) is 13.8 Å². The molecule has 94 valence electrons. The van der Waals surface area contributed by atoms with Gasteiger partial charge in [0.2, 0.25) is 5.91 Å². The third-order valence-corrected chi connectivity index (χ3v) is 3.82. The van der Waals surface area contributed by atoms with Gasteiger partial charge < -0.3 is 10.2 Å². The van der Waals surface area contributed by atoms with Gasteiger partial charge in [-0.15, -0.1) is 12.4 Å². The summed E-state index contributed by atoms with van der Waals surface area (Å²) in [5.74, 6) is 2.12. The molecule has 2 aliphatic rings. The largest absolute Gasteiger partial charge is 0.342 e. The molecule has 2 atom stereocenters. The highest BCUT2D eigenvalue weighted by atomic mass is 35.5. The number of hydrogen-bond donors (Lipinski definition) is 1. The van der Waals surface area contributed by atoms with Gasteiger partial charge in [-0.2, -0.15) is 0 Å². The van der Waals surface area contributed by atoms with E-state index in [0.29, 0.717) is 5.91 Å². The van der Waals surface area contributed by atoms with Crippen molar-refractivity contribution in [1.82, 2.24) is 10.2 Å². The molecule has 0 aromatic carbocycles. The summed E-state index contributed by atoms with van der Waals surface area (Å²) in [6.45, 7) is 8.26. The molecule has 1 N–H and O–H groups in total. The molecule has 2 saturated heterocycles. The lowest BCUT2D eigenvalue weighted by Gasteiger charge is -2.22. The van der Waals surface area contributed by atoms with E-state index in [1.54, 1.807) is 0 Å². The summed E-state index contributed by atoms with van der Waals surface area (Å²) in [6, 6.07) is 0. The molecule has 0 aliphatic carbocycles. The Hall–Kier alpha value is -0.280. The second-order valence-corrected chi connectivity index (χ2v) is 5.24. The summed E-state index contributed by atoms with van der Waals surface area (Å²) >= 11 is 0. The number of halogens is 1. The highest BCUT2D eigenvalue weighted by molar-refractivity contribution is 5.85. The number of hydrogen-bond acceptors (Lipinski definition) is 2. The van der Waals surface area contributed by atoms with Gasteiger partial charge >= 0.3 is 0 Å². The Labute approximate surface area is 104 Å². The van der Waals surface area contributed by atoms with Gasteiger partial charge in [-0.3, -0.25) is 4.79 Å². The van der Waals surface area contributed by atoms with Gasteiger partial charge in [0.05, 0.1) is 0 Å². The molecule has 0 aromatic rings. The number of rotatable bonds is 1. The molecule has 16 heavy (non-hydrogen) atoms. The highest BCUT2D eigenvalue weighted by Crippen LogP contribution is 2.27. The van der Waals surface area contributed by atoms with Gasteiger partial charge in [-0.25, -0.2) is 0 Å². The summed E-state index contributed by atoms with van der Waals surface area (Å²) in [5.41, 5.74) is 0. The number of nitrogens with zero attached hydrogens (tertiary/aromatic N) is 1.